The molecular formula is C50H59N13O8. The Kier molecular flexibility index (Phi) is 15.5. The molecule has 0 saturated heterocycles. The highest BCUT2D eigenvalue weighted by Crippen LogP contribution is 2.56. The van der Waals surface area contributed by atoms with E-state index < -0.39 is 36.0 Å². The molecule has 21 heteroatoms. The number of carbonyl (C=O) groups is 7. The van der Waals surface area contributed by atoms with Gasteiger partial charge in [0, 0.05) is 60.8 Å². The number of imide groups is 1. The third-order valence-electron chi connectivity index (χ3n) is 13.2. The number of aromatic amines is 1. The standard InChI is InChI=1S/C50H59N13O8/c1-29(2)43(60-40(64)12-5-4-6-22-61-41(65)19-20-42(61)66)48(68)57-37(11-8-21-52-49(51)69)47(67)56-35-16-13-31(14-17-35)27-71-50(70)62(46-33-23-34(46)24-33)26-38-58-44(32-15-18-39-53-28-54-63(39)25-32)45(59-38)36-10-7-9-30(3)55-36/h7,9-10,13-20,25,28-29,33-34,37,43,46H,4-6,8,11-12,21-24,26-27H2,1-3H3,(H,56,67)(H,57,68)(H,58,59)(H,60,64)(H3,51,52,69). The van der Waals surface area contributed by atoms with Gasteiger partial charge in [-0.3, -0.25) is 38.8 Å². The zero-order valence-electron chi connectivity index (χ0n) is 39.9. The lowest BCUT2D eigenvalue weighted by atomic mass is 9.51. The second-order valence-electron chi connectivity index (χ2n) is 18.7. The van der Waals surface area contributed by atoms with Gasteiger partial charge in [-0.05, 0) is 105 Å². The highest BCUT2D eigenvalue weighted by Gasteiger charge is 2.56. The van der Waals surface area contributed by atoms with Crippen molar-refractivity contribution in [1.29, 1.82) is 0 Å². The van der Waals surface area contributed by atoms with E-state index in [1.165, 1.54) is 18.5 Å². The number of ether oxygens (including phenoxy) is 1. The largest absolute Gasteiger partial charge is 0.445 e. The van der Waals surface area contributed by atoms with Gasteiger partial charge in [0.15, 0.2) is 5.65 Å². The molecule has 2 bridgehead atoms. The lowest BCUT2D eigenvalue weighted by Crippen LogP contribution is -2.64. The number of nitrogens with one attached hydrogen (secondary N) is 5. The predicted octanol–water partition coefficient (Wildman–Crippen LogP) is 4.54. The lowest BCUT2D eigenvalue weighted by molar-refractivity contribution is -0.137. The van der Waals surface area contributed by atoms with E-state index in [4.69, 9.17) is 20.4 Å². The summed E-state index contributed by atoms with van der Waals surface area (Å²) in [4.78, 5) is 110. The van der Waals surface area contributed by atoms with E-state index in [9.17, 15) is 33.6 Å². The zero-order chi connectivity index (χ0) is 50.2. The van der Waals surface area contributed by atoms with Crippen molar-refractivity contribution < 1.29 is 38.3 Å². The number of H-pyrrole nitrogens is 1. The summed E-state index contributed by atoms with van der Waals surface area (Å²) in [5.74, 6) is -1.08. The number of anilines is 1. The first-order valence-electron chi connectivity index (χ1n) is 24.0. The Bertz CT molecular complexity index is 2790. The molecule has 2 atom stereocenters. The molecule has 372 valence electrons. The Morgan fingerprint density at radius 2 is 1.66 bits per heavy atom. The van der Waals surface area contributed by atoms with Gasteiger partial charge in [0.1, 0.15) is 36.5 Å². The highest BCUT2D eigenvalue weighted by molar-refractivity contribution is 6.12. The molecule has 8 amide bonds. The summed E-state index contributed by atoms with van der Waals surface area (Å²) in [6.07, 6.45) is 9.67. The Balaban J connectivity index is 0.873. The molecule has 3 saturated carbocycles. The first-order chi connectivity index (χ1) is 34.2. The minimum Gasteiger partial charge on any atom is -0.445 e. The second kappa shape index (κ2) is 22.2. The number of aryl methyl sites for hydroxylation is 1. The summed E-state index contributed by atoms with van der Waals surface area (Å²) in [5.41, 5.74) is 10.8. The maximum Gasteiger partial charge on any atom is 0.410 e. The average molecular weight is 970 g/mol. The number of hydrogen-bond acceptors (Lipinski definition) is 12. The summed E-state index contributed by atoms with van der Waals surface area (Å²) in [6, 6.07) is 13.7. The Morgan fingerprint density at radius 3 is 2.35 bits per heavy atom. The average Bonchev–Trinajstić information content (AvgIpc) is 4.05. The number of urea groups is 1. The van der Waals surface area contributed by atoms with E-state index in [1.807, 2.05) is 43.5 Å². The molecule has 1 aromatic carbocycles. The van der Waals surface area contributed by atoms with E-state index in [2.05, 4.69) is 36.3 Å². The van der Waals surface area contributed by atoms with Crippen molar-refractivity contribution in [3.8, 4) is 22.6 Å². The van der Waals surface area contributed by atoms with E-state index in [1.54, 1.807) is 47.5 Å². The van der Waals surface area contributed by atoms with Crippen LogP contribution in [0, 0.1) is 24.7 Å². The molecule has 3 aliphatic carbocycles. The molecule has 5 heterocycles. The number of pyridine rings is 2. The van der Waals surface area contributed by atoms with Crippen LogP contribution in [0.15, 0.2) is 79.3 Å². The summed E-state index contributed by atoms with van der Waals surface area (Å²) in [6.45, 7) is 6.07. The van der Waals surface area contributed by atoms with Crippen LogP contribution in [0.5, 0.6) is 0 Å². The number of carbonyl (C=O) groups excluding carboxylic acids is 7. The molecule has 2 unspecified atom stereocenters. The number of nitrogens with two attached hydrogens (primary N) is 1. The number of hydrogen-bond donors (Lipinski definition) is 6. The topological polar surface area (TPSA) is 281 Å². The van der Waals surface area contributed by atoms with Gasteiger partial charge in [0.05, 0.1) is 17.9 Å². The Morgan fingerprint density at radius 1 is 0.901 bits per heavy atom. The Hall–Kier alpha value is -7.97. The number of benzene rings is 1. The SMILES string of the molecule is Cc1cccc(-c2nc(CN(C(=O)OCc3ccc(NC(=O)C(CCCNC(N)=O)NC(=O)C(NC(=O)CCCCCN4C(=O)C=CC4=O)C(C)C)cc3)C3C4CC3C4)[nH]c2-c2ccc3ncnn3c2)n1. The van der Waals surface area contributed by atoms with Gasteiger partial charge < -0.3 is 36.7 Å². The van der Waals surface area contributed by atoms with Crippen molar-refractivity contribution in [2.24, 2.45) is 23.5 Å². The number of unbranched alkanes of at least 4 members (excludes halogenated alkanes) is 2. The number of nitrogens with zero attached hydrogens (tertiary/aromatic N) is 7. The van der Waals surface area contributed by atoms with E-state index in [0.717, 1.165) is 34.7 Å². The van der Waals surface area contributed by atoms with Crippen molar-refractivity contribution in [2.45, 2.75) is 103 Å². The number of amides is 8. The molecule has 9 rings (SSSR count). The molecule has 4 aliphatic rings. The van der Waals surface area contributed by atoms with Crippen molar-refractivity contribution in [3.05, 3.63) is 96.4 Å². The van der Waals surface area contributed by atoms with Crippen molar-refractivity contribution >= 4 is 53.0 Å². The van der Waals surface area contributed by atoms with Crippen molar-refractivity contribution in [1.82, 2.24) is 55.3 Å². The molecule has 3 fully saturated rings. The van der Waals surface area contributed by atoms with Gasteiger partial charge in [0.2, 0.25) is 17.7 Å². The summed E-state index contributed by atoms with van der Waals surface area (Å²) in [5, 5.41) is 15.2. The van der Waals surface area contributed by atoms with E-state index in [0.29, 0.717) is 71.6 Å². The zero-order valence-corrected chi connectivity index (χ0v) is 39.9. The summed E-state index contributed by atoms with van der Waals surface area (Å²) < 4.78 is 7.63. The monoisotopic (exact) mass is 969 g/mol. The quantitative estimate of drug-likeness (QED) is 0.0389. The number of fused-ring (bicyclic) bond motifs is 1. The highest BCUT2D eigenvalue weighted by atomic mass is 16.6. The number of aromatic nitrogens is 6. The van der Waals surface area contributed by atoms with Crippen LogP contribution in [0.25, 0.3) is 28.3 Å². The predicted molar refractivity (Wildman–Crippen MR) is 259 cm³/mol. The van der Waals surface area contributed by atoms with Gasteiger partial charge in [-0.1, -0.05) is 38.5 Å². The van der Waals surface area contributed by atoms with Gasteiger partial charge in [-0.25, -0.2) is 24.1 Å². The lowest BCUT2D eigenvalue weighted by Gasteiger charge is -2.61. The van der Waals surface area contributed by atoms with Crippen LogP contribution in [-0.4, -0.2) is 112 Å². The molecule has 0 spiro atoms. The molecule has 5 aromatic rings. The maximum absolute atomic E-state index is 14.0. The van der Waals surface area contributed by atoms with Gasteiger partial charge >= 0.3 is 12.1 Å². The van der Waals surface area contributed by atoms with Crippen LogP contribution in [0.1, 0.15) is 82.3 Å². The molecule has 0 radical (unpaired) electrons. The van der Waals surface area contributed by atoms with E-state index >= 15 is 0 Å². The fourth-order valence-corrected chi connectivity index (χ4v) is 9.11. The minimum absolute atomic E-state index is 0.0302. The van der Waals surface area contributed by atoms with Crippen LogP contribution < -0.4 is 27.0 Å². The molecule has 71 heavy (non-hydrogen) atoms. The first kappa shape index (κ1) is 49.5. The van der Waals surface area contributed by atoms with E-state index in [-0.39, 0.29) is 68.8 Å². The first-order valence-corrected chi connectivity index (χ1v) is 24.0. The number of primary amides is 1. The van der Waals surface area contributed by atoms with Gasteiger partial charge in [0.25, 0.3) is 11.8 Å². The smallest absolute Gasteiger partial charge is 0.410 e. The third-order valence-corrected chi connectivity index (χ3v) is 13.2. The molecular weight excluding hydrogens is 911 g/mol. The fraction of sp³-hybridized carbons (Fsp3) is 0.420. The molecule has 7 N–H and O–H groups in total. The van der Waals surface area contributed by atoms with Crippen LogP contribution in [0.2, 0.25) is 0 Å². The van der Waals surface area contributed by atoms with Gasteiger partial charge in [-0.2, -0.15) is 5.10 Å². The van der Waals surface area contributed by atoms with Crippen molar-refractivity contribution in [2.75, 3.05) is 18.4 Å². The normalized spacial score (nSPS) is 17.6. The number of rotatable bonds is 23. The Labute approximate surface area is 409 Å². The van der Waals surface area contributed by atoms with Crippen LogP contribution >= 0.6 is 0 Å². The molecule has 4 aromatic heterocycles. The fourth-order valence-electron chi connectivity index (χ4n) is 9.11. The van der Waals surface area contributed by atoms with Crippen LogP contribution in [0.3, 0.4) is 0 Å². The third kappa shape index (κ3) is 12.1. The summed E-state index contributed by atoms with van der Waals surface area (Å²) in [7, 11) is 0. The number of imidazole rings is 1. The van der Waals surface area contributed by atoms with Crippen LogP contribution in [-0.2, 0) is 41.9 Å². The second-order valence-corrected chi connectivity index (χ2v) is 18.7. The minimum atomic E-state index is -1.04. The van der Waals surface area contributed by atoms with Gasteiger partial charge in [-0.15, -0.1) is 0 Å². The molecule has 21 nitrogen and oxygen atoms in total. The van der Waals surface area contributed by atoms with Crippen molar-refractivity contribution in [3.63, 3.8) is 0 Å². The maximum atomic E-state index is 14.0. The summed E-state index contributed by atoms with van der Waals surface area (Å²) >= 11 is 0. The molecule has 1 aliphatic heterocycles. The van der Waals surface area contributed by atoms with Crippen LogP contribution in [0.4, 0.5) is 15.3 Å².